The Labute approximate surface area is 218 Å². The Morgan fingerprint density at radius 2 is 2.05 bits per heavy atom. The second kappa shape index (κ2) is 11.1. The number of carbonyl (C=O) groups excluding carboxylic acids is 1. The maximum Gasteiger partial charge on any atom is 0.296 e. The van der Waals surface area contributed by atoms with Crippen molar-refractivity contribution in [2.45, 2.75) is 25.3 Å². The first-order chi connectivity index (χ1) is 18.2. The predicted molar refractivity (Wildman–Crippen MR) is 138 cm³/mol. The molecule has 196 valence electrons. The van der Waals surface area contributed by atoms with E-state index in [4.69, 9.17) is 4.52 Å². The molecule has 2 atom stereocenters. The number of hydrogen-bond acceptors (Lipinski definition) is 9. The number of amides is 1. The van der Waals surface area contributed by atoms with Crippen LogP contribution in [0.4, 0.5) is 5.69 Å². The highest BCUT2D eigenvalue weighted by molar-refractivity contribution is 6.04. The van der Waals surface area contributed by atoms with Crippen molar-refractivity contribution in [1.29, 1.82) is 5.26 Å². The molecule has 0 unspecified atom stereocenters. The van der Waals surface area contributed by atoms with E-state index in [-0.39, 0.29) is 11.5 Å². The Balaban J connectivity index is 1.81. The molecule has 38 heavy (non-hydrogen) atoms. The molecule has 0 bridgehead atoms. The van der Waals surface area contributed by atoms with Crippen LogP contribution in [0.2, 0.25) is 0 Å². The molecule has 4 aromatic rings. The fraction of sp³-hybridized carbons (Fsp3) is 0.308. The molecule has 0 aliphatic heterocycles. The van der Waals surface area contributed by atoms with E-state index in [1.807, 2.05) is 44.0 Å². The van der Waals surface area contributed by atoms with Gasteiger partial charge in [0.2, 0.25) is 5.75 Å². The van der Waals surface area contributed by atoms with E-state index in [1.54, 1.807) is 18.3 Å². The van der Waals surface area contributed by atoms with Crippen LogP contribution in [-0.4, -0.2) is 61.0 Å². The van der Waals surface area contributed by atoms with Crippen molar-refractivity contribution in [2.24, 2.45) is 7.05 Å². The van der Waals surface area contributed by atoms with Crippen molar-refractivity contribution < 1.29 is 14.4 Å². The van der Waals surface area contributed by atoms with Crippen LogP contribution in [0.5, 0.6) is 5.75 Å². The highest BCUT2D eigenvalue weighted by Gasteiger charge is 2.31. The molecule has 0 aliphatic carbocycles. The van der Waals surface area contributed by atoms with Crippen LogP contribution in [0.15, 0.2) is 58.4 Å². The van der Waals surface area contributed by atoms with E-state index in [9.17, 15) is 20.0 Å². The zero-order valence-electron chi connectivity index (χ0n) is 21.5. The van der Waals surface area contributed by atoms with Gasteiger partial charge in [0.1, 0.15) is 17.8 Å². The lowest BCUT2D eigenvalue weighted by Crippen LogP contribution is -2.29. The minimum absolute atomic E-state index is 0.248. The van der Waals surface area contributed by atoms with Gasteiger partial charge in [0, 0.05) is 31.6 Å². The number of nitrogens with one attached hydrogen (secondary N) is 1. The van der Waals surface area contributed by atoms with Gasteiger partial charge in [-0.1, -0.05) is 30.3 Å². The van der Waals surface area contributed by atoms with Crippen LogP contribution in [0.3, 0.4) is 0 Å². The second-order valence-corrected chi connectivity index (χ2v) is 9.20. The highest BCUT2D eigenvalue weighted by Crippen LogP contribution is 2.39. The monoisotopic (exact) mass is 516 g/mol. The number of carbonyl (C=O) groups is 1. The summed E-state index contributed by atoms with van der Waals surface area (Å²) in [5.41, 5.74) is 1.07. The van der Waals surface area contributed by atoms with Gasteiger partial charge in [-0.25, -0.2) is 4.98 Å². The normalized spacial score (nSPS) is 12.7. The molecule has 3 heterocycles. The Kier molecular flexibility index (Phi) is 7.68. The van der Waals surface area contributed by atoms with Crippen molar-refractivity contribution in [3.8, 4) is 11.8 Å². The van der Waals surface area contributed by atoms with Crippen LogP contribution in [0, 0.1) is 11.3 Å². The summed E-state index contributed by atoms with van der Waals surface area (Å²) in [7, 11) is 5.44. The van der Waals surface area contributed by atoms with Crippen molar-refractivity contribution in [3.05, 3.63) is 87.7 Å². The summed E-state index contributed by atoms with van der Waals surface area (Å²) in [6, 6.07) is 9.46. The third-order valence-corrected chi connectivity index (χ3v) is 6.32. The van der Waals surface area contributed by atoms with Gasteiger partial charge >= 0.3 is 0 Å². The van der Waals surface area contributed by atoms with E-state index in [1.165, 1.54) is 24.1 Å². The van der Waals surface area contributed by atoms with E-state index >= 15 is 0 Å². The largest absolute Gasteiger partial charge is 0.501 e. The Morgan fingerprint density at radius 3 is 2.74 bits per heavy atom. The van der Waals surface area contributed by atoms with Crippen molar-refractivity contribution in [3.63, 3.8) is 0 Å². The lowest BCUT2D eigenvalue weighted by Gasteiger charge is -2.26. The molecule has 0 radical (unpaired) electrons. The molecular weight excluding hydrogens is 488 g/mol. The van der Waals surface area contributed by atoms with E-state index in [2.05, 4.69) is 31.5 Å². The highest BCUT2D eigenvalue weighted by atomic mass is 16.5. The zero-order chi connectivity index (χ0) is 27.4. The van der Waals surface area contributed by atoms with Crippen LogP contribution in [0.25, 0.3) is 0 Å². The van der Waals surface area contributed by atoms with E-state index in [0.717, 1.165) is 17.7 Å². The number of nitriles is 1. The summed E-state index contributed by atoms with van der Waals surface area (Å²) >= 11 is 0. The zero-order valence-corrected chi connectivity index (χ0v) is 21.5. The van der Waals surface area contributed by atoms with Gasteiger partial charge in [0.05, 0.1) is 30.6 Å². The van der Waals surface area contributed by atoms with Gasteiger partial charge in [0.15, 0.2) is 5.69 Å². The van der Waals surface area contributed by atoms with Crippen LogP contribution in [-0.2, 0) is 13.6 Å². The molecule has 0 saturated heterocycles. The first-order valence-electron chi connectivity index (χ1n) is 11.9. The average molecular weight is 517 g/mol. The van der Waals surface area contributed by atoms with Gasteiger partial charge < -0.3 is 19.8 Å². The van der Waals surface area contributed by atoms with Crippen molar-refractivity contribution >= 4 is 11.6 Å². The molecule has 12 heteroatoms. The minimum Gasteiger partial charge on any atom is -0.501 e. The summed E-state index contributed by atoms with van der Waals surface area (Å²) in [6.07, 6.45) is 6.14. The van der Waals surface area contributed by atoms with Gasteiger partial charge in [0.25, 0.3) is 11.5 Å². The molecule has 12 nitrogen and oxygen atoms in total. The van der Waals surface area contributed by atoms with Crippen LogP contribution < -0.4 is 10.9 Å². The van der Waals surface area contributed by atoms with E-state index in [0.29, 0.717) is 12.1 Å². The smallest absolute Gasteiger partial charge is 0.296 e. The van der Waals surface area contributed by atoms with Gasteiger partial charge in [-0.3, -0.25) is 18.8 Å². The van der Waals surface area contributed by atoms with Crippen LogP contribution in [0.1, 0.15) is 51.8 Å². The molecule has 1 aromatic carbocycles. The number of likely N-dealkylation sites (N-methyl/N-ethyl adjacent to an activating group) is 1. The summed E-state index contributed by atoms with van der Waals surface area (Å²) in [6.45, 7) is 3.31. The molecule has 2 N–H and O–H groups in total. The molecule has 0 fully saturated rings. The summed E-state index contributed by atoms with van der Waals surface area (Å²) < 4.78 is 7.76. The average Bonchev–Trinajstić information content (AvgIpc) is 3.59. The topological polar surface area (TPSA) is 155 Å². The SMILES string of the molecule is C[C@H](c1nc(C(=O)Nc2cnoc2)c(O)c(=O)n1C)[C@@H](c1cnn(CCN(C)C)c1)c1ccccc1C#N. The summed E-state index contributed by atoms with van der Waals surface area (Å²) in [4.78, 5) is 32.4. The van der Waals surface area contributed by atoms with Gasteiger partial charge in [-0.15, -0.1) is 0 Å². The van der Waals surface area contributed by atoms with Gasteiger partial charge in [-0.05, 0) is 31.3 Å². The standard InChI is InChI=1S/C26H28N8O4/c1-16(24-31-22(23(35)26(37)33(24)4)25(36)30-19-13-29-38-15-19)21(20-8-6-5-7-17(20)11-27)18-12-28-34(14-18)10-9-32(2)3/h5-8,12-16,21,35H,9-10H2,1-4H3,(H,30,36)/t16-,21-/m0/s1. The maximum atomic E-state index is 13.0. The fourth-order valence-electron chi connectivity index (χ4n) is 4.35. The van der Waals surface area contributed by atoms with Crippen molar-refractivity contribution in [2.75, 3.05) is 26.0 Å². The number of anilines is 1. The lowest BCUT2D eigenvalue weighted by atomic mass is 9.80. The number of aromatic hydroxyl groups is 1. The Hall–Kier alpha value is -4.76. The second-order valence-electron chi connectivity index (χ2n) is 9.20. The molecule has 0 aliphatic rings. The molecule has 3 aromatic heterocycles. The third kappa shape index (κ3) is 5.33. The maximum absolute atomic E-state index is 13.0. The Bertz CT molecular complexity index is 1530. The minimum atomic E-state index is -0.790. The van der Waals surface area contributed by atoms with Crippen molar-refractivity contribution in [1.82, 2.24) is 29.4 Å². The van der Waals surface area contributed by atoms with Crippen LogP contribution >= 0.6 is 0 Å². The number of aromatic nitrogens is 5. The number of rotatable bonds is 9. The van der Waals surface area contributed by atoms with Gasteiger partial charge in [-0.2, -0.15) is 10.4 Å². The summed E-state index contributed by atoms with van der Waals surface area (Å²) in [5.74, 6) is -2.25. The molecule has 1 amide bonds. The first-order valence-corrected chi connectivity index (χ1v) is 11.9. The fourth-order valence-corrected chi connectivity index (χ4v) is 4.35. The molecular formula is C26H28N8O4. The quantitative estimate of drug-likeness (QED) is 0.341. The number of nitrogens with zero attached hydrogens (tertiary/aromatic N) is 7. The summed E-state index contributed by atoms with van der Waals surface area (Å²) in [5, 5.41) is 30.9. The first kappa shape index (κ1) is 26.3. The number of benzene rings is 1. The number of hydrogen-bond donors (Lipinski definition) is 2. The van der Waals surface area contributed by atoms with E-state index < -0.39 is 34.7 Å². The molecule has 0 saturated carbocycles. The predicted octanol–water partition coefficient (Wildman–Crippen LogP) is 2.29. The Morgan fingerprint density at radius 1 is 1.29 bits per heavy atom. The third-order valence-electron chi connectivity index (χ3n) is 6.32. The molecule has 0 spiro atoms. The lowest BCUT2D eigenvalue weighted by molar-refractivity contribution is 0.101. The molecule has 4 rings (SSSR count).